The average molecular weight is 201 g/mol. The first kappa shape index (κ1) is 8.47. The zero-order valence-electron chi connectivity index (χ0n) is 8.47. The molecule has 2 aromatic heterocycles. The Kier molecular flexibility index (Phi) is 1.59. The van der Waals surface area contributed by atoms with Gasteiger partial charge in [-0.15, -0.1) is 0 Å². The summed E-state index contributed by atoms with van der Waals surface area (Å²) in [4.78, 5) is 18.0. The molecule has 1 amide bonds. The minimum absolute atomic E-state index is 0.108. The second kappa shape index (κ2) is 2.82. The lowest BCUT2D eigenvalue weighted by Crippen LogP contribution is -2.23. The van der Waals surface area contributed by atoms with Gasteiger partial charge in [0.05, 0.1) is 0 Å². The molecule has 0 saturated heterocycles. The van der Waals surface area contributed by atoms with E-state index in [1.165, 1.54) is 0 Å². The Morgan fingerprint density at radius 1 is 1.47 bits per heavy atom. The van der Waals surface area contributed by atoms with Crippen LogP contribution >= 0.6 is 0 Å². The van der Waals surface area contributed by atoms with E-state index < -0.39 is 0 Å². The number of amides is 1. The fourth-order valence-corrected chi connectivity index (χ4v) is 2.09. The summed E-state index contributed by atoms with van der Waals surface area (Å²) < 4.78 is 1.87. The molecule has 15 heavy (non-hydrogen) atoms. The van der Waals surface area contributed by atoms with Gasteiger partial charge in [0, 0.05) is 31.0 Å². The lowest BCUT2D eigenvalue weighted by molar-refractivity contribution is 0.0781. The zero-order chi connectivity index (χ0) is 10.4. The number of aromatic nitrogens is 2. The van der Waals surface area contributed by atoms with E-state index in [1.54, 1.807) is 6.20 Å². The van der Waals surface area contributed by atoms with Crippen LogP contribution in [-0.4, -0.2) is 26.7 Å². The Bertz CT molecular complexity index is 544. The predicted molar refractivity (Wildman–Crippen MR) is 55.6 cm³/mol. The maximum atomic E-state index is 12.0. The van der Waals surface area contributed by atoms with Crippen LogP contribution in [0.4, 0.5) is 0 Å². The molecule has 3 heterocycles. The average Bonchev–Trinajstić information content (AvgIpc) is 2.81. The Balaban J connectivity index is 2.29. The summed E-state index contributed by atoms with van der Waals surface area (Å²) in [6.07, 6.45) is 3.56. The molecule has 0 bridgehead atoms. The number of hydrogen-bond donors (Lipinski definition) is 0. The summed E-state index contributed by atoms with van der Waals surface area (Å²) in [5.41, 5.74) is 2.69. The first-order chi connectivity index (χ1) is 7.31. The van der Waals surface area contributed by atoms with Gasteiger partial charge in [-0.05, 0) is 13.0 Å². The van der Waals surface area contributed by atoms with Crippen molar-refractivity contribution in [3.05, 3.63) is 35.8 Å². The van der Waals surface area contributed by atoms with Crippen molar-refractivity contribution in [1.29, 1.82) is 0 Å². The van der Waals surface area contributed by atoms with Crippen molar-refractivity contribution in [3.63, 3.8) is 0 Å². The van der Waals surface area contributed by atoms with Gasteiger partial charge < -0.3 is 4.90 Å². The number of fused-ring (bicyclic) bond motifs is 3. The van der Waals surface area contributed by atoms with Gasteiger partial charge >= 0.3 is 0 Å². The molecule has 4 nitrogen and oxygen atoms in total. The molecule has 1 aliphatic rings. The van der Waals surface area contributed by atoms with Crippen molar-refractivity contribution in [2.45, 2.75) is 13.5 Å². The van der Waals surface area contributed by atoms with Gasteiger partial charge in [0.2, 0.25) is 0 Å². The van der Waals surface area contributed by atoms with E-state index in [9.17, 15) is 4.79 Å². The molecule has 0 atom stereocenters. The van der Waals surface area contributed by atoms with Crippen LogP contribution in [-0.2, 0) is 6.54 Å². The predicted octanol–water partition coefficient (Wildman–Crippen LogP) is 1.31. The molecule has 0 saturated carbocycles. The van der Waals surface area contributed by atoms with Gasteiger partial charge in [0.15, 0.2) is 0 Å². The maximum absolute atomic E-state index is 12.0. The molecule has 3 rings (SSSR count). The van der Waals surface area contributed by atoms with Crippen LogP contribution in [0, 0.1) is 0 Å². The molecular weight excluding hydrogens is 190 g/mol. The number of imidazole rings is 1. The second-order valence-corrected chi connectivity index (χ2v) is 3.68. The third-order valence-corrected chi connectivity index (χ3v) is 2.88. The zero-order valence-corrected chi connectivity index (χ0v) is 8.47. The van der Waals surface area contributed by atoms with Gasteiger partial charge in [-0.1, -0.05) is 6.07 Å². The third-order valence-electron chi connectivity index (χ3n) is 2.88. The largest absolute Gasteiger partial charge is 0.333 e. The normalized spacial score (nSPS) is 15.0. The summed E-state index contributed by atoms with van der Waals surface area (Å²) in [5.74, 6) is 0.108. The third kappa shape index (κ3) is 1.02. The van der Waals surface area contributed by atoms with Crippen LogP contribution in [0.2, 0.25) is 0 Å². The topological polar surface area (TPSA) is 37.6 Å². The van der Waals surface area contributed by atoms with Crippen molar-refractivity contribution < 1.29 is 4.79 Å². The SMILES string of the molecule is CCN1Cc2ccc3nccn3c2C1=O. The van der Waals surface area contributed by atoms with Crippen molar-refractivity contribution in [2.24, 2.45) is 0 Å². The van der Waals surface area contributed by atoms with Gasteiger partial charge in [-0.3, -0.25) is 9.20 Å². The highest BCUT2D eigenvalue weighted by Crippen LogP contribution is 2.23. The van der Waals surface area contributed by atoms with Crippen molar-refractivity contribution in [3.8, 4) is 0 Å². The molecule has 0 aromatic carbocycles. The van der Waals surface area contributed by atoms with Crippen LogP contribution in [0.25, 0.3) is 5.65 Å². The van der Waals surface area contributed by atoms with E-state index >= 15 is 0 Å². The molecule has 0 radical (unpaired) electrons. The van der Waals surface area contributed by atoms with E-state index in [0.717, 1.165) is 30.0 Å². The van der Waals surface area contributed by atoms with E-state index in [1.807, 2.05) is 34.6 Å². The number of rotatable bonds is 1. The Labute approximate surface area is 87.1 Å². The lowest BCUT2D eigenvalue weighted by atomic mass is 10.2. The maximum Gasteiger partial charge on any atom is 0.271 e. The van der Waals surface area contributed by atoms with Gasteiger partial charge in [-0.25, -0.2) is 4.98 Å². The van der Waals surface area contributed by atoms with Crippen LogP contribution in [0.5, 0.6) is 0 Å². The van der Waals surface area contributed by atoms with Crippen molar-refractivity contribution in [1.82, 2.24) is 14.3 Å². The van der Waals surface area contributed by atoms with Gasteiger partial charge in [0.1, 0.15) is 11.3 Å². The fourth-order valence-electron chi connectivity index (χ4n) is 2.09. The summed E-state index contributed by atoms with van der Waals surface area (Å²) in [7, 11) is 0. The Hall–Kier alpha value is -1.84. The molecule has 2 aromatic rings. The molecular formula is C11H11N3O. The van der Waals surface area contributed by atoms with Crippen LogP contribution < -0.4 is 0 Å². The second-order valence-electron chi connectivity index (χ2n) is 3.68. The smallest absolute Gasteiger partial charge is 0.271 e. The fraction of sp³-hybridized carbons (Fsp3) is 0.273. The number of pyridine rings is 1. The molecule has 0 unspecified atom stereocenters. The highest BCUT2D eigenvalue weighted by molar-refractivity contribution is 5.97. The number of carbonyl (C=O) groups is 1. The molecule has 4 heteroatoms. The van der Waals surface area contributed by atoms with Crippen LogP contribution in [0.1, 0.15) is 23.0 Å². The Morgan fingerprint density at radius 3 is 3.13 bits per heavy atom. The number of carbonyl (C=O) groups excluding carboxylic acids is 1. The van der Waals surface area contributed by atoms with Crippen molar-refractivity contribution in [2.75, 3.05) is 6.54 Å². The lowest BCUT2D eigenvalue weighted by Gasteiger charge is -2.10. The standard InChI is InChI=1S/C11H11N3O/c1-2-13-7-8-3-4-9-12-5-6-14(9)10(8)11(13)15/h3-6H,2,7H2,1H3. The molecule has 76 valence electrons. The first-order valence-electron chi connectivity index (χ1n) is 5.05. The summed E-state index contributed by atoms with van der Waals surface area (Å²) in [6.45, 7) is 3.47. The van der Waals surface area contributed by atoms with Crippen LogP contribution in [0.3, 0.4) is 0 Å². The van der Waals surface area contributed by atoms with E-state index in [-0.39, 0.29) is 5.91 Å². The van der Waals surface area contributed by atoms with E-state index in [0.29, 0.717) is 0 Å². The van der Waals surface area contributed by atoms with Gasteiger partial charge in [-0.2, -0.15) is 0 Å². The molecule has 0 fully saturated rings. The first-order valence-corrected chi connectivity index (χ1v) is 5.05. The van der Waals surface area contributed by atoms with Crippen molar-refractivity contribution >= 4 is 11.6 Å². The molecule has 0 spiro atoms. The highest BCUT2D eigenvalue weighted by Gasteiger charge is 2.28. The minimum Gasteiger partial charge on any atom is -0.333 e. The van der Waals surface area contributed by atoms with Crippen LogP contribution in [0.15, 0.2) is 24.5 Å². The molecule has 1 aliphatic heterocycles. The summed E-state index contributed by atoms with van der Waals surface area (Å²) in [6, 6.07) is 3.94. The quantitative estimate of drug-likeness (QED) is 0.697. The van der Waals surface area contributed by atoms with E-state index in [2.05, 4.69) is 4.98 Å². The molecule has 0 aliphatic carbocycles. The Morgan fingerprint density at radius 2 is 2.33 bits per heavy atom. The summed E-state index contributed by atoms with van der Waals surface area (Å²) >= 11 is 0. The number of nitrogens with zero attached hydrogens (tertiary/aromatic N) is 3. The highest BCUT2D eigenvalue weighted by atomic mass is 16.2. The monoisotopic (exact) mass is 201 g/mol. The molecule has 0 N–H and O–H groups in total. The number of hydrogen-bond acceptors (Lipinski definition) is 2. The van der Waals surface area contributed by atoms with E-state index in [4.69, 9.17) is 0 Å². The minimum atomic E-state index is 0.108. The summed E-state index contributed by atoms with van der Waals surface area (Å²) in [5, 5.41) is 0. The van der Waals surface area contributed by atoms with Gasteiger partial charge in [0.25, 0.3) is 5.91 Å².